The first kappa shape index (κ1) is 20.2. The predicted molar refractivity (Wildman–Crippen MR) is 105 cm³/mol. The average molecular weight is 354 g/mol. The summed E-state index contributed by atoms with van der Waals surface area (Å²) in [6, 6.07) is 18.2. The highest BCUT2D eigenvalue weighted by Crippen LogP contribution is 2.22. The van der Waals surface area contributed by atoms with E-state index in [4.69, 9.17) is 0 Å². The number of benzene rings is 2. The maximum absolute atomic E-state index is 11.3. The van der Waals surface area contributed by atoms with Crippen LogP contribution in [0.2, 0.25) is 0 Å². The van der Waals surface area contributed by atoms with Crippen molar-refractivity contribution in [2.45, 2.75) is 57.3 Å². The van der Waals surface area contributed by atoms with Gasteiger partial charge in [-0.1, -0.05) is 80.3 Å². The van der Waals surface area contributed by atoms with E-state index in [1.807, 2.05) is 24.3 Å². The summed E-state index contributed by atoms with van der Waals surface area (Å²) in [5.41, 5.74) is 3.23. The molecule has 26 heavy (non-hydrogen) atoms. The molecule has 0 spiro atoms. The summed E-state index contributed by atoms with van der Waals surface area (Å²) >= 11 is 0. The number of carboxylic acids is 1. The van der Waals surface area contributed by atoms with Crippen LogP contribution in [-0.2, 0) is 17.6 Å². The van der Waals surface area contributed by atoms with Crippen LogP contribution in [0.15, 0.2) is 54.6 Å². The fourth-order valence-corrected chi connectivity index (χ4v) is 3.41. The summed E-state index contributed by atoms with van der Waals surface area (Å²) < 4.78 is 0. The van der Waals surface area contributed by atoms with Crippen molar-refractivity contribution in [3.8, 4) is 0 Å². The fraction of sp³-hybridized carbons (Fsp3) is 0.435. The molecule has 0 amide bonds. The number of hydrogen-bond donors (Lipinski definition) is 2. The van der Waals surface area contributed by atoms with Crippen LogP contribution in [0.25, 0.3) is 0 Å². The summed E-state index contributed by atoms with van der Waals surface area (Å²) in [4.78, 5) is 11.3. The molecule has 0 saturated heterocycles. The minimum atomic E-state index is -0.960. The van der Waals surface area contributed by atoms with Gasteiger partial charge in [0.15, 0.2) is 0 Å². The molecule has 0 bridgehead atoms. The van der Waals surface area contributed by atoms with Crippen LogP contribution >= 0.6 is 0 Å². The van der Waals surface area contributed by atoms with E-state index in [1.54, 1.807) is 0 Å². The molecule has 2 N–H and O–H groups in total. The monoisotopic (exact) mass is 354 g/mol. The first-order valence-corrected chi connectivity index (χ1v) is 9.67. The van der Waals surface area contributed by atoms with Gasteiger partial charge in [0.25, 0.3) is 0 Å². The molecular weight excluding hydrogens is 324 g/mol. The fourth-order valence-electron chi connectivity index (χ4n) is 3.41. The average Bonchev–Trinajstić information content (AvgIpc) is 2.66. The Morgan fingerprint density at radius 1 is 0.769 bits per heavy atom. The smallest absolute Gasteiger partial charge is 0.313 e. The van der Waals surface area contributed by atoms with Gasteiger partial charge in [-0.25, -0.2) is 0 Å². The van der Waals surface area contributed by atoms with Crippen molar-refractivity contribution < 1.29 is 15.0 Å². The zero-order valence-electron chi connectivity index (χ0n) is 15.4. The normalized spacial score (nSPS) is 12.0. The lowest BCUT2D eigenvalue weighted by molar-refractivity contribution is -0.139. The van der Waals surface area contributed by atoms with Gasteiger partial charge < -0.3 is 10.2 Å². The number of unbranched alkanes of at least 4 members (excludes halogenated alkanes) is 5. The lowest BCUT2D eigenvalue weighted by atomic mass is 9.92. The standard InChI is InChI=1S/C23H30O3/c24-18-22(23(25)26)21-17-11-10-16-20(21)15-9-4-2-1-3-6-12-19-13-7-5-8-14-19/h5,7-8,10-11,13-14,16-17,22,24H,1-4,6,9,12,15,18H2,(H,25,26). The second-order valence-electron chi connectivity index (χ2n) is 6.88. The first-order valence-electron chi connectivity index (χ1n) is 9.67. The van der Waals surface area contributed by atoms with E-state index in [9.17, 15) is 15.0 Å². The van der Waals surface area contributed by atoms with Crippen molar-refractivity contribution in [3.63, 3.8) is 0 Å². The Labute approximate surface area is 156 Å². The summed E-state index contributed by atoms with van der Waals surface area (Å²) in [6.45, 7) is -0.353. The highest BCUT2D eigenvalue weighted by molar-refractivity contribution is 5.76. The van der Waals surface area contributed by atoms with Gasteiger partial charge in [-0.3, -0.25) is 4.79 Å². The molecule has 0 heterocycles. The molecule has 0 aliphatic carbocycles. The third-order valence-electron chi connectivity index (χ3n) is 4.92. The molecule has 3 heteroatoms. The van der Waals surface area contributed by atoms with E-state index in [1.165, 1.54) is 31.2 Å². The zero-order chi connectivity index (χ0) is 18.6. The van der Waals surface area contributed by atoms with E-state index in [2.05, 4.69) is 30.3 Å². The van der Waals surface area contributed by atoms with Crippen molar-refractivity contribution in [3.05, 3.63) is 71.3 Å². The summed E-state index contributed by atoms with van der Waals surface area (Å²) in [7, 11) is 0. The third-order valence-corrected chi connectivity index (χ3v) is 4.92. The van der Waals surface area contributed by atoms with Gasteiger partial charge in [-0.05, 0) is 42.4 Å². The van der Waals surface area contributed by atoms with Crippen LogP contribution in [0.1, 0.15) is 61.1 Å². The Balaban J connectivity index is 1.65. The van der Waals surface area contributed by atoms with Crippen molar-refractivity contribution in [1.29, 1.82) is 0 Å². The van der Waals surface area contributed by atoms with Gasteiger partial charge in [-0.2, -0.15) is 0 Å². The third kappa shape index (κ3) is 6.64. The summed E-state index contributed by atoms with van der Waals surface area (Å²) in [5.74, 6) is -1.78. The van der Waals surface area contributed by atoms with Crippen molar-refractivity contribution in [2.24, 2.45) is 0 Å². The van der Waals surface area contributed by atoms with E-state index in [0.717, 1.165) is 36.8 Å². The largest absolute Gasteiger partial charge is 0.481 e. The van der Waals surface area contributed by atoms with Crippen molar-refractivity contribution in [1.82, 2.24) is 0 Å². The minimum Gasteiger partial charge on any atom is -0.481 e. The van der Waals surface area contributed by atoms with Gasteiger partial charge in [0.05, 0.1) is 6.61 Å². The number of aliphatic hydroxyl groups excluding tert-OH is 1. The number of hydrogen-bond acceptors (Lipinski definition) is 2. The van der Waals surface area contributed by atoms with Gasteiger partial charge in [0, 0.05) is 0 Å². The van der Waals surface area contributed by atoms with E-state index in [0.29, 0.717) is 0 Å². The topological polar surface area (TPSA) is 57.5 Å². The van der Waals surface area contributed by atoms with Gasteiger partial charge in [-0.15, -0.1) is 0 Å². The quantitative estimate of drug-likeness (QED) is 0.529. The second-order valence-corrected chi connectivity index (χ2v) is 6.88. The van der Waals surface area contributed by atoms with Gasteiger partial charge >= 0.3 is 5.97 Å². The van der Waals surface area contributed by atoms with Crippen molar-refractivity contribution >= 4 is 5.97 Å². The molecule has 2 rings (SSSR count). The number of carboxylic acid groups (broad SMARTS) is 1. The van der Waals surface area contributed by atoms with Crippen LogP contribution in [0.5, 0.6) is 0 Å². The Hall–Kier alpha value is -2.13. The highest BCUT2D eigenvalue weighted by atomic mass is 16.4. The highest BCUT2D eigenvalue weighted by Gasteiger charge is 2.21. The number of aryl methyl sites for hydroxylation is 2. The number of aliphatic hydroxyl groups is 1. The molecule has 0 aliphatic rings. The SMILES string of the molecule is O=C(O)C(CO)c1ccccc1CCCCCCCCc1ccccc1. The summed E-state index contributed by atoms with van der Waals surface area (Å²) in [5, 5.41) is 18.6. The molecule has 0 saturated carbocycles. The Bertz CT molecular complexity index is 652. The van der Waals surface area contributed by atoms with Gasteiger partial charge in [0.2, 0.25) is 0 Å². The molecule has 3 nitrogen and oxygen atoms in total. The Kier molecular flexibility index (Phi) is 8.91. The van der Waals surface area contributed by atoms with Crippen LogP contribution in [0.4, 0.5) is 0 Å². The molecule has 1 unspecified atom stereocenters. The second kappa shape index (κ2) is 11.5. The zero-order valence-corrected chi connectivity index (χ0v) is 15.4. The van der Waals surface area contributed by atoms with Crippen LogP contribution in [0, 0.1) is 0 Å². The predicted octanol–water partition coefficient (Wildman–Crippen LogP) is 4.97. The number of carbonyl (C=O) groups is 1. The molecule has 2 aromatic carbocycles. The van der Waals surface area contributed by atoms with E-state index < -0.39 is 11.9 Å². The molecule has 0 fully saturated rings. The Morgan fingerprint density at radius 2 is 1.35 bits per heavy atom. The molecule has 0 aliphatic heterocycles. The summed E-state index contributed by atoms with van der Waals surface area (Å²) in [6.07, 6.45) is 9.24. The minimum absolute atomic E-state index is 0.353. The molecule has 0 aromatic heterocycles. The lowest BCUT2D eigenvalue weighted by Crippen LogP contribution is -2.17. The van der Waals surface area contributed by atoms with Crippen molar-refractivity contribution in [2.75, 3.05) is 6.61 Å². The van der Waals surface area contributed by atoms with E-state index >= 15 is 0 Å². The van der Waals surface area contributed by atoms with Crippen LogP contribution in [0.3, 0.4) is 0 Å². The maximum atomic E-state index is 11.3. The molecule has 2 aromatic rings. The first-order chi connectivity index (χ1) is 12.7. The van der Waals surface area contributed by atoms with Gasteiger partial charge in [0.1, 0.15) is 5.92 Å². The van der Waals surface area contributed by atoms with E-state index in [-0.39, 0.29) is 6.61 Å². The molecule has 0 radical (unpaired) electrons. The van der Waals surface area contributed by atoms with Crippen LogP contribution in [-0.4, -0.2) is 22.8 Å². The molecular formula is C23H30O3. The number of rotatable bonds is 12. The lowest BCUT2D eigenvalue weighted by Gasteiger charge is -2.14. The van der Waals surface area contributed by atoms with Crippen LogP contribution < -0.4 is 0 Å². The maximum Gasteiger partial charge on any atom is 0.313 e. The number of aliphatic carboxylic acids is 1. The molecule has 140 valence electrons. The molecule has 1 atom stereocenters. The Morgan fingerprint density at radius 3 is 2.00 bits per heavy atom.